The zero-order valence-electron chi connectivity index (χ0n) is 21.2. The second-order valence-electron chi connectivity index (χ2n) is 10.2. The summed E-state index contributed by atoms with van der Waals surface area (Å²) in [4.78, 5) is 17.7. The van der Waals surface area contributed by atoms with Gasteiger partial charge in [0.1, 0.15) is 11.6 Å². The number of nitrogens with one attached hydrogen (secondary N) is 1. The molecule has 1 saturated carbocycles. The number of hydrogen-bond donors (Lipinski definition) is 1. The number of carbonyl (C=O) groups excluding carboxylic acids is 1. The molecule has 1 saturated heterocycles. The molecule has 2 fully saturated rings. The van der Waals surface area contributed by atoms with Crippen molar-refractivity contribution in [3.63, 3.8) is 0 Å². The van der Waals surface area contributed by atoms with E-state index < -0.39 is 33.6 Å². The van der Waals surface area contributed by atoms with Gasteiger partial charge in [0.2, 0.25) is 15.9 Å². The molecule has 1 aliphatic carbocycles. The van der Waals surface area contributed by atoms with Crippen molar-refractivity contribution in [3.8, 4) is 0 Å². The average molecular weight is 546 g/mol. The van der Waals surface area contributed by atoms with Crippen LogP contribution in [0.15, 0.2) is 54.6 Å². The first kappa shape index (κ1) is 26.9. The highest BCUT2D eigenvalue weighted by atomic mass is 32.2. The van der Waals surface area contributed by atoms with Gasteiger partial charge < -0.3 is 9.64 Å². The predicted molar refractivity (Wildman–Crippen MR) is 140 cm³/mol. The first-order valence-electron chi connectivity index (χ1n) is 13.1. The van der Waals surface area contributed by atoms with Crippen LogP contribution in [0.2, 0.25) is 0 Å². The van der Waals surface area contributed by atoms with Gasteiger partial charge in [0, 0.05) is 38.3 Å². The van der Waals surface area contributed by atoms with Crippen molar-refractivity contribution in [2.45, 2.75) is 18.9 Å². The summed E-state index contributed by atoms with van der Waals surface area (Å²) in [6.07, 6.45) is 3.52. The molecule has 2 heterocycles. The normalized spacial score (nSPS) is 21.4. The molecule has 0 bridgehead atoms. The molecule has 5 rings (SSSR count). The SMILES string of the molecule is O=C([C@@H](CNS(=O)(=O)CCN1CCOCC1)C1CC1)N1CC(c2cc(F)ccc2F)=C[C@H]1c1ccccc1. The Balaban J connectivity index is 1.32. The third-order valence-electron chi connectivity index (χ3n) is 7.55. The zero-order chi connectivity index (χ0) is 26.7. The second-order valence-corrected chi connectivity index (χ2v) is 12.1. The minimum atomic E-state index is -3.58. The predicted octanol–water partition coefficient (Wildman–Crippen LogP) is 3.21. The molecule has 3 aliphatic rings. The monoisotopic (exact) mass is 545 g/mol. The Morgan fingerprint density at radius 2 is 1.82 bits per heavy atom. The summed E-state index contributed by atoms with van der Waals surface area (Å²) in [5, 5.41) is 0. The van der Waals surface area contributed by atoms with Crippen LogP contribution >= 0.6 is 0 Å². The molecular formula is C28H33F2N3O4S. The third kappa shape index (κ3) is 6.48. The summed E-state index contributed by atoms with van der Waals surface area (Å²) in [6.45, 7) is 3.16. The number of ether oxygens (including phenoxy) is 1. The van der Waals surface area contributed by atoms with E-state index in [0.29, 0.717) is 38.4 Å². The van der Waals surface area contributed by atoms with Crippen molar-refractivity contribution in [2.75, 3.05) is 51.7 Å². The van der Waals surface area contributed by atoms with Crippen LogP contribution in [0.5, 0.6) is 0 Å². The summed E-state index contributed by atoms with van der Waals surface area (Å²) >= 11 is 0. The summed E-state index contributed by atoms with van der Waals surface area (Å²) in [5.41, 5.74) is 1.52. The van der Waals surface area contributed by atoms with Crippen LogP contribution < -0.4 is 4.72 Å². The molecule has 204 valence electrons. The van der Waals surface area contributed by atoms with Crippen LogP contribution in [-0.2, 0) is 19.6 Å². The van der Waals surface area contributed by atoms with Crippen LogP contribution in [-0.4, -0.2) is 75.8 Å². The van der Waals surface area contributed by atoms with Gasteiger partial charge in [-0.3, -0.25) is 9.69 Å². The molecule has 38 heavy (non-hydrogen) atoms. The van der Waals surface area contributed by atoms with E-state index in [0.717, 1.165) is 36.6 Å². The molecule has 2 atom stereocenters. The van der Waals surface area contributed by atoms with Crippen molar-refractivity contribution in [2.24, 2.45) is 11.8 Å². The number of sulfonamides is 1. The van der Waals surface area contributed by atoms with Crippen LogP contribution in [0.25, 0.3) is 5.57 Å². The van der Waals surface area contributed by atoms with Crippen molar-refractivity contribution < 1.29 is 26.7 Å². The quantitative estimate of drug-likeness (QED) is 0.496. The number of carbonyl (C=O) groups is 1. The summed E-state index contributed by atoms with van der Waals surface area (Å²) in [5.74, 6) is -1.75. The molecule has 2 aliphatic heterocycles. The number of amides is 1. The summed E-state index contributed by atoms with van der Waals surface area (Å²) in [6, 6.07) is 12.3. The van der Waals surface area contributed by atoms with E-state index >= 15 is 0 Å². The molecule has 1 amide bonds. The summed E-state index contributed by atoms with van der Waals surface area (Å²) < 4.78 is 62.1. The zero-order valence-corrected chi connectivity index (χ0v) is 22.0. The Kier molecular flexibility index (Phi) is 8.23. The Labute approximate surface area is 222 Å². The maximum atomic E-state index is 14.6. The Morgan fingerprint density at radius 1 is 1.08 bits per heavy atom. The van der Waals surface area contributed by atoms with Gasteiger partial charge in [0.15, 0.2) is 0 Å². The van der Waals surface area contributed by atoms with E-state index in [2.05, 4.69) is 9.62 Å². The highest BCUT2D eigenvalue weighted by molar-refractivity contribution is 7.89. The number of nitrogens with zero attached hydrogens (tertiary/aromatic N) is 2. The second kappa shape index (κ2) is 11.6. The van der Waals surface area contributed by atoms with E-state index in [1.54, 1.807) is 4.90 Å². The van der Waals surface area contributed by atoms with Crippen LogP contribution in [0.4, 0.5) is 8.78 Å². The Hall–Kier alpha value is -2.66. The third-order valence-corrected chi connectivity index (χ3v) is 8.87. The van der Waals surface area contributed by atoms with Gasteiger partial charge in [-0.1, -0.05) is 36.4 Å². The topological polar surface area (TPSA) is 79.0 Å². The van der Waals surface area contributed by atoms with Gasteiger partial charge >= 0.3 is 0 Å². The number of rotatable bonds is 10. The molecule has 0 unspecified atom stereocenters. The maximum Gasteiger partial charge on any atom is 0.228 e. The van der Waals surface area contributed by atoms with Crippen LogP contribution in [0.3, 0.4) is 0 Å². The molecule has 0 spiro atoms. The van der Waals surface area contributed by atoms with E-state index in [4.69, 9.17) is 4.74 Å². The minimum Gasteiger partial charge on any atom is -0.379 e. The standard InChI is InChI=1S/C28H33F2N3O4S/c29-23-8-9-26(30)24(17-23)22-16-27(21-4-2-1-3-5-21)33(19-22)28(34)25(20-6-7-20)18-31-38(35,36)15-12-32-10-13-37-14-11-32/h1-5,8-9,16-17,20,25,27,31H,6-7,10-15,18-19H2/t25-,27-/m0/s1. The van der Waals surface area contributed by atoms with Crippen LogP contribution in [0, 0.1) is 23.5 Å². The van der Waals surface area contributed by atoms with Gasteiger partial charge in [0.25, 0.3) is 0 Å². The molecule has 2 aromatic rings. The van der Waals surface area contributed by atoms with Crippen molar-refractivity contribution in [1.82, 2.24) is 14.5 Å². The Morgan fingerprint density at radius 3 is 2.53 bits per heavy atom. The average Bonchev–Trinajstić information content (AvgIpc) is 3.67. The maximum absolute atomic E-state index is 14.6. The Bertz CT molecular complexity index is 1280. The van der Waals surface area contributed by atoms with Gasteiger partial charge in [-0.05, 0) is 48.1 Å². The number of hydrogen-bond acceptors (Lipinski definition) is 5. The van der Waals surface area contributed by atoms with E-state index in [1.807, 2.05) is 36.4 Å². The molecule has 10 heteroatoms. The molecule has 7 nitrogen and oxygen atoms in total. The lowest BCUT2D eigenvalue weighted by molar-refractivity contribution is -0.136. The molecule has 2 aromatic carbocycles. The van der Waals surface area contributed by atoms with Gasteiger partial charge in [-0.15, -0.1) is 0 Å². The number of benzene rings is 2. The van der Waals surface area contributed by atoms with Crippen molar-refractivity contribution >= 4 is 21.5 Å². The van der Waals surface area contributed by atoms with E-state index in [-0.39, 0.29) is 36.2 Å². The highest BCUT2D eigenvalue weighted by Gasteiger charge is 2.42. The lowest BCUT2D eigenvalue weighted by atomic mass is 10.00. The fourth-order valence-corrected chi connectivity index (χ4v) is 6.28. The van der Waals surface area contributed by atoms with Crippen molar-refractivity contribution in [3.05, 3.63) is 77.4 Å². The molecule has 0 radical (unpaired) electrons. The number of morpholine rings is 1. The highest BCUT2D eigenvalue weighted by Crippen LogP contribution is 2.42. The first-order valence-corrected chi connectivity index (χ1v) is 14.7. The van der Waals surface area contributed by atoms with Gasteiger partial charge in [-0.25, -0.2) is 21.9 Å². The largest absolute Gasteiger partial charge is 0.379 e. The van der Waals surface area contributed by atoms with E-state index in [1.165, 1.54) is 0 Å². The lowest BCUT2D eigenvalue weighted by Gasteiger charge is -2.30. The smallest absolute Gasteiger partial charge is 0.228 e. The van der Waals surface area contributed by atoms with Crippen LogP contribution in [0.1, 0.15) is 30.0 Å². The summed E-state index contributed by atoms with van der Waals surface area (Å²) in [7, 11) is -3.58. The molecule has 0 aromatic heterocycles. The lowest BCUT2D eigenvalue weighted by Crippen LogP contribution is -2.44. The van der Waals surface area contributed by atoms with E-state index in [9.17, 15) is 22.0 Å². The first-order chi connectivity index (χ1) is 18.3. The van der Waals surface area contributed by atoms with Crippen molar-refractivity contribution in [1.29, 1.82) is 0 Å². The fourth-order valence-electron chi connectivity index (χ4n) is 5.21. The number of halogens is 2. The fraction of sp³-hybridized carbons (Fsp3) is 0.464. The van der Waals surface area contributed by atoms with Gasteiger partial charge in [-0.2, -0.15) is 0 Å². The molecule has 1 N–H and O–H groups in total. The molecular weight excluding hydrogens is 512 g/mol. The minimum absolute atomic E-state index is 0.0244. The van der Waals surface area contributed by atoms with Gasteiger partial charge in [0.05, 0.1) is 30.9 Å².